The molecule has 0 N–H and O–H groups in total. The van der Waals surface area contributed by atoms with E-state index >= 15 is 0 Å². The number of rotatable bonds is 6. The zero-order valence-electron chi connectivity index (χ0n) is 32.8. The lowest BCUT2D eigenvalue weighted by Crippen LogP contribution is -2.14. The SMILES string of the molecule is CC1(C)c2ccccc2-c2cc3c(-c4cc(-c5nc(-c6ccccc6)nc(-c6cccc(-c7ccccc7)c6)n5)cc5ccccc45)cc(-c4ccccc4)nc3cc21. The van der Waals surface area contributed by atoms with Crippen LogP contribution in [0.5, 0.6) is 0 Å². The Morgan fingerprint density at radius 2 is 0.898 bits per heavy atom. The molecule has 2 aromatic heterocycles. The Bertz CT molecular complexity index is 3230. The van der Waals surface area contributed by atoms with Crippen molar-refractivity contribution in [3.8, 4) is 78.8 Å². The molecule has 8 aromatic carbocycles. The van der Waals surface area contributed by atoms with Crippen molar-refractivity contribution in [3.63, 3.8) is 0 Å². The van der Waals surface area contributed by atoms with Gasteiger partial charge in [-0.2, -0.15) is 0 Å². The lowest BCUT2D eigenvalue weighted by Gasteiger charge is -2.22. The van der Waals surface area contributed by atoms with Crippen LogP contribution in [-0.2, 0) is 5.41 Å². The molecule has 0 atom stereocenters. The second kappa shape index (κ2) is 13.8. The van der Waals surface area contributed by atoms with Gasteiger partial charge < -0.3 is 0 Å². The van der Waals surface area contributed by atoms with Gasteiger partial charge in [0.2, 0.25) is 0 Å². The summed E-state index contributed by atoms with van der Waals surface area (Å²) >= 11 is 0. The van der Waals surface area contributed by atoms with Gasteiger partial charge in [0.05, 0.1) is 11.2 Å². The van der Waals surface area contributed by atoms with Gasteiger partial charge in [0.1, 0.15) is 0 Å². The van der Waals surface area contributed by atoms with Crippen LogP contribution in [0.15, 0.2) is 194 Å². The maximum Gasteiger partial charge on any atom is 0.164 e. The molecular formula is C55H38N4. The Morgan fingerprint density at radius 3 is 1.66 bits per heavy atom. The number of pyridine rings is 1. The maximum absolute atomic E-state index is 5.38. The zero-order chi connectivity index (χ0) is 39.5. The molecule has 0 bridgehead atoms. The van der Waals surface area contributed by atoms with Crippen LogP contribution in [0.2, 0.25) is 0 Å². The quantitative estimate of drug-likeness (QED) is 0.170. The topological polar surface area (TPSA) is 51.6 Å². The molecule has 2 heterocycles. The van der Waals surface area contributed by atoms with E-state index in [2.05, 4.69) is 184 Å². The van der Waals surface area contributed by atoms with Gasteiger partial charge in [-0.15, -0.1) is 0 Å². The molecule has 278 valence electrons. The Balaban J connectivity index is 1.17. The summed E-state index contributed by atoms with van der Waals surface area (Å²) in [4.78, 5) is 20.9. The number of benzene rings is 8. The van der Waals surface area contributed by atoms with Crippen LogP contribution in [0.25, 0.3) is 100 Å². The molecule has 0 saturated heterocycles. The second-order valence-electron chi connectivity index (χ2n) is 15.9. The van der Waals surface area contributed by atoms with E-state index in [1.165, 1.54) is 22.3 Å². The van der Waals surface area contributed by atoms with Gasteiger partial charge in [-0.25, -0.2) is 19.9 Å². The molecule has 11 rings (SSSR count). The molecule has 0 fully saturated rings. The highest BCUT2D eigenvalue weighted by atomic mass is 15.0. The molecule has 4 heteroatoms. The van der Waals surface area contributed by atoms with Crippen molar-refractivity contribution in [1.82, 2.24) is 19.9 Å². The monoisotopic (exact) mass is 754 g/mol. The second-order valence-corrected chi connectivity index (χ2v) is 15.9. The molecule has 59 heavy (non-hydrogen) atoms. The summed E-state index contributed by atoms with van der Waals surface area (Å²) in [5.74, 6) is 1.87. The molecule has 0 aliphatic heterocycles. The fourth-order valence-corrected chi connectivity index (χ4v) is 8.88. The molecule has 1 aliphatic rings. The van der Waals surface area contributed by atoms with Gasteiger partial charge in [0.15, 0.2) is 17.5 Å². The van der Waals surface area contributed by atoms with E-state index in [-0.39, 0.29) is 5.41 Å². The fraction of sp³-hybridized carbons (Fsp3) is 0.0545. The maximum atomic E-state index is 5.38. The summed E-state index contributed by atoms with van der Waals surface area (Å²) in [6, 6.07) is 68.5. The van der Waals surface area contributed by atoms with E-state index in [0.29, 0.717) is 17.5 Å². The fourth-order valence-electron chi connectivity index (χ4n) is 8.88. The third kappa shape index (κ3) is 6.00. The summed E-state index contributed by atoms with van der Waals surface area (Å²) in [6.45, 7) is 4.65. The van der Waals surface area contributed by atoms with Gasteiger partial charge in [-0.3, -0.25) is 0 Å². The van der Waals surface area contributed by atoms with E-state index in [9.17, 15) is 0 Å². The minimum atomic E-state index is -0.148. The van der Waals surface area contributed by atoms with E-state index < -0.39 is 0 Å². The highest BCUT2D eigenvalue weighted by Crippen LogP contribution is 2.51. The molecule has 0 radical (unpaired) electrons. The van der Waals surface area contributed by atoms with Crippen LogP contribution in [0.4, 0.5) is 0 Å². The largest absolute Gasteiger partial charge is 0.248 e. The number of fused-ring (bicyclic) bond motifs is 5. The molecule has 10 aromatic rings. The first-order valence-corrected chi connectivity index (χ1v) is 20.1. The van der Waals surface area contributed by atoms with Crippen molar-refractivity contribution in [2.45, 2.75) is 19.3 Å². The van der Waals surface area contributed by atoms with Crippen LogP contribution in [0, 0.1) is 0 Å². The van der Waals surface area contributed by atoms with Crippen molar-refractivity contribution in [3.05, 3.63) is 205 Å². The third-order valence-electron chi connectivity index (χ3n) is 11.9. The van der Waals surface area contributed by atoms with Crippen LogP contribution >= 0.6 is 0 Å². The Morgan fingerprint density at radius 1 is 0.322 bits per heavy atom. The first kappa shape index (κ1) is 34.7. The summed E-state index contributed by atoms with van der Waals surface area (Å²) in [7, 11) is 0. The zero-order valence-corrected chi connectivity index (χ0v) is 32.8. The van der Waals surface area contributed by atoms with Gasteiger partial charge in [0.25, 0.3) is 0 Å². The molecular weight excluding hydrogens is 717 g/mol. The van der Waals surface area contributed by atoms with Crippen LogP contribution in [-0.4, -0.2) is 19.9 Å². The highest BCUT2D eigenvalue weighted by Gasteiger charge is 2.36. The average molecular weight is 755 g/mol. The molecule has 0 saturated carbocycles. The van der Waals surface area contributed by atoms with E-state index in [1.807, 2.05) is 24.3 Å². The molecule has 0 unspecified atom stereocenters. The van der Waals surface area contributed by atoms with Gasteiger partial charge in [0, 0.05) is 33.1 Å². The van der Waals surface area contributed by atoms with E-state index in [1.54, 1.807) is 0 Å². The van der Waals surface area contributed by atoms with Gasteiger partial charge >= 0.3 is 0 Å². The Kier molecular flexibility index (Phi) is 8.12. The summed E-state index contributed by atoms with van der Waals surface area (Å²) in [6.07, 6.45) is 0. The lowest BCUT2D eigenvalue weighted by molar-refractivity contribution is 0.661. The van der Waals surface area contributed by atoms with Gasteiger partial charge in [-0.1, -0.05) is 172 Å². The minimum absolute atomic E-state index is 0.148. The van der Waals surface area contributed by atoms with Crippen molar-refractivity contribution in [2.75, 3.05) is 0 Å². The molecule has 0 amide bonds. The minimum Gasteiger partial charge on any atom is -0.248 e. The Hall–Kier alpha value is -7.56. The Labute approximate surface area is 343 Å². The average Bonchev–Trinajstić information content (AvgIpc) is 3.53. The number of hydrogen-bond acceptors (Lipinski definition) is 4. The summed E-state index contributed by atoms with van der Waals surface area (Å²) < 4.78 is 0. The standard InChI is InChI=1S/C55H38N4/c1-55(2)48-28-15-14-27-43(48)46-32-47-45(33-50(36-19-8-4-9-20-36)56-51(47)34-49(46)55)44-31-41(30-39-23-12-13-26-42(39)44)54-58-52(37-21-10-5-11-22-37)57-53(59-54)40-25-16-24-38(29-40)35-17-6-3-7-18-35/h3-34H,1-2H3. The summed E-state index contributed by atoms with van der Waals surface area (Å²) in [5, 5.41) is 3.36. The number of hydrogen-bond donors (Lipinski definition) is 0. The lowest BCUT2D eigenvalue weighted by atomic mass is 9.82. The number of nitrogens with zero attached hydrogens (tertiary/aromatic N) is 4. The van der Waals surface area contributed by atoms with Crippen LogP contribution < -0.4 is 0 Å². The predicted octanol–water partition coefficient (Wildman–Crippen LogP) is 13.9. The van der Waals surface area contributed by atoms with Crippen molar-refractivity contribution in [2.24, 2.45) is 0 Å². The first-order valence-electron chi connectivity index (χ1n) is 20.1. The van der Waals surface area contributed by atoms with Crippen LogP contribution in [0.1, 0.15) is 25.0 Å². The van der Waals surface area contributed by atoms with Crippen LogP contribution in [0.3, 0.4) is 0 Å². The first-order chi connectivity index (χ1) is 29.0. The normalized spacial score (nSPS) is 12.7. The predicted molar refractivity (Wildman–Crippen MR) is 243 cm³/mol. The van der Waals surface area contributed by atoms with Crippen molar-refractivity contribution < 1.29 is 0 Å². The van der Waals surface area contributed by atoms with Crippen molar-refractivity contribution in [1.29, 1.82) is 0 Å². The smallest absolute Gasteiger partial charge is 0.164 e. The third-order valence-corrected chi connectivity index (χ3v) is 11.9. The van der Waals surface area contributed by atoms with Crippen molar-refractivity contribution >= 4 is 21.7 Å². The summed E-state index contributed by atoms with van der Waals surface area (Å²) in [5.41, 5.74) is 15.3. The number of aromatic nitrogens is 4. The highest BCUT2D eigenvalue weighted by molar-refractivity contribution is 6.09. The van der Waals surface area contributed by atoms with E-state index in [4.69, 9.17) is 19.9 Å². The molecule has 0 spiro atoms. The van der Waals surface area contributed by atoms with Gasteiger partial charge in [-0.05, 0) is 91.7 Å². The molecule has 1 aliphatic carbocycles. The molecule has 4 nitrogen and oxygen atoms in total. The van der Waals surface area contributed by atoms with E-state index in [0.717, 1.165) is 71.9 Å².